The predicted molar refractivity (Wildman–Crippen MR) is 83.5 cm³/mol. The largest absolute Gasteiger partial charge is 0.294 e. The van der Waals surface area contributed by atoms with Crippen LogP contribution in [0.1, 0.15) is 27.3 Å². The molecule has 0 N–H and O–H groups in total. The first-order chi connectivity index (χ1) is 10.1. The highest BCUT2D eigenvalue weighted by Gasteiger charge is 2.13. The van der Waals surface area contributed by atoms with E-state index in [-0.39, 0.29) is 5.78 Å². The van der Waals surface area contributed by atoms with Crippen LogP contribution in [0.4, 0.5) is 0 Å². The minimum atomic E-state index is 0.0850. The Hall–Kier alpha value is -2.55. The monoisotopic (exact) mass is 276 g/mol. The Kier molecular flexibility index (Phi) is 3.48. The summed E-state index contributed by atoms with van der Waals surface area (Å²) in [5.74, 6) is 0.0850. The van der Waals surface area contributed by atoms with Crippen molar-refractivity contribution in [2.45, 2.75) is 20.3 Å². The first-order valence-corrected chi connectivity index (χ1v) is 6.96. The molecule has 2 aromatic carbocycles. The zero-order valence-corrected chi connectivity index (χ0v) is 12.1. The highest BCUT2D eigenvalue weighted by atomic mass is 16.1. The van der Waals surface area contributed by atoms with Crippen LogP contribution in [0.25, 0.3) is 10.8 Å². The molecule has 1 aromatic heterocycles. The summed E-state index contributed by atoms with van der Waals surface area (Å²) in [5, 5.41) is 10.3. The third-order valence-electron chi connectivity index (χ3n) is 3.63. The molecule has 0 aliphatic heterocycles. The van der Waals surface area contributed by atoms with E-state index >= 15 is 0 Å². The van der Waals surface area contributed by atoms with Crippen LogP contribution in [-0.4, -0.2) is 16.0 Å². The van der Waals surface area contributed by atoms with E-state index in [2.05, 4.69) is 28.4 Å². The van der Waals surface area contributed by atoms with E-state index in [1.165, 1.54) is 0 Å². The average Bonchev–Trinajstić information content (AvgIpc) is 2.50. The molecule has 21 heavy (non-hydrogen) atoms. The Bertz CT molecular complexity index is 819. The van der Waals surface area contributed by atoms with Gasteiger partial charge in [-0.05, 0) is 36.2 Å². The maximum Gasteiger partial charge on any atom is 0.169 e. The number of fused-ring (bicyclic) bond motifs is 1. The van der Waals surface area contributed by atoms with E-state index in [4.69, 9.17) is 0 Å². The minimum absolute atomic E-state index is 0.0850. The maximum absolute atomic E-state index is 12.6. The molecule has 3 heteroatoms. The van der Waals surface area contributed by atoms with Crippen molar-refractivity contribution in [2.24, 2.45) is 0 Å². The highest BCUT2D eigenvalue weighted by molar-refractivity contribution is 6.00. The molecule has 0 aliphatic carbocycles. The number of rotatable bonds is 3. The number of benzene rings is 2. The van der Waals surface area contributed by atoms with Gasteiger partial charge in [0.25, 0.3) is 0 Å². The maximum atomic E-state index is 12.6. The summed E-state index contributed by atoms with van der Waals surface area (Å²) < 4.78 is 0. The van der Waals surface area contributed by atoms with Crippen molar-refractivity contribution in [3.8, 4) is 0 Å². The lowest BCUT2D eigenvalue weighted by Crippen LogP contribution is -2.09. The molecular formula is C18H16N2O. The van der Waals surface area contributed by atoms with Crippen LogP contribution in [0.3, 0.4) is 0 Å². The Morgan fingerprint density at radius 3 is 2.62 bits per heavy atom. The van der Waals surface area contributed by atoms with Crippen LogP contribution in [0, 0.1) is 13.8 Å². The van der Waals surface area contributed by atoms with Crippen LogP contribution >= 0.6 is 0 Å². The van der Waals surface area contributed by atoms with Gasteiger partial charge in [-0.15, -0.1) is 0 Å². The van der Waals surface area contributed by atoms with Gasteiger partial charge in [-0.25, -0.2) is 0 Å². The first-order valence-electron chi connectivity index (χ1n) is 6.96. The lowest BCUT2D eigenvalue weighted by atomic mass is 9.97. The first kappa shape index (κ1) is 13.4. The smallest absolute Gasteiger partial charge is 0.169 e. The Labute approximate surface area is 123 Å². The van der Waals surface area contributed by atoms with Crippen LogP contribution in [0.2, 0.25) is 0 Å². The van der Waals surface area contributed by atoms with Gasteiger partial charge in [0, 0.05) is 12.0 Å². The van der Waals surface area contributed by atoms with Gasteiger partial charge in [-0.3, -0.25) is 4.79 Å². The van der Waals surface area contributed by atoms with Crippen LogP contribution < -0.4 is 0 Å². The van der Waals surface area contributed by atoms with Gasteiger partial charge in [0.15, 0.2) is 5.78 Å². The summed E-state index contributed by atoms with van der Waals surface area (Å²) in [6.45, 7) is 3.67. The summed E-state index contributed by atoms with van der Waals surface area (Å²) in [5.41, 5.74) is 3.16. The number of Topliss-reactive ketones (excluding diaryl/α,β-unsaturated/α-hetero) is 1. The number of aromatic nitrogens is 2. The zero-order chi connectivity index (χ0) is 14.8. The minimum Gasteiger partial charge on any atom is -0.294 e. The second-order valence-corrected chi connectivity index (χ2v) is 5.22. The highest BCUT2D eigenvalue weighted by Crippen LogP contribution is 2.20. The van der Waals surface area contributed by atoms with Crippen molar-refractivity contribution in [2.75, 3.05) is 0 Å². The second-order valence-electron chi connectivity index (χ2n) is 5.22. The van der Waals surface area contributed by atoms with Crippen molar-refractivity contribution in [3.05, 3.63) is 71.0 Å². The molecule has 0 unspecified atom stereocenters. The van der Waals surface area contributed by atoms with Gasteiger partial charge in [0.2, 0.25) is 0 Å². The van der Waals surface area contributed by atoms with E-state index < -0.39 is 0 Å². The average molecular weight is 276 g/mol. The van der Waals surface area contributed by atoms with Crippen LogP contribution in [0.15, 0.2) is 48.5 Å². The fraction of sp³-hybridized carbons (Fsp3) is 0.167. The molecule has 0 fully saturated rings. The summed E-state index contributed by atoms with van der Waals surface area (Å²) in [6.07, 6.45) is 0.382. The van der Waals surface area contributed by atoms with Crippen LogP contribution in [0.5, 0.6) is 0 Å². The number of nitrogens with zero attached hydrogens (tertiary/aromatic N) is 2. The molecule has 0 bridgehead atoms. The molecule has 1 heterocycles. The van der Waals surface area contributed by atoms with Crippen molar-refractivity contribution in [1.29, 1.82) is 0 Å². The Balaban J connectivity index is 1.99. The van der Waals surface area contributed by atoms with E-state index in [0.717, 1.165) is 22.0 Å². The van der Waals surface area contributed by atoms with Gasteiger partial charge in [0.05, 0.1) is 11.4 Å². The van der Waals surface area contributed by atoms with Crippen molar-refractivity contribution >= 4 is 16.6 Å². The third kappa shape index (κ3) is 2.68. The summed E-state index contributed by atoms with van der Waals surface area (Å²) in [6, 6.07) is 16.0. The van der Waals surface area contributed by atoms with E-state index in [0.29, 0.717) is 17.7 Å². The normalized spacial score (nSPS) is 10.8. The molecule has 0 spiro atoms. The molecule has 0 saturated carbocycles. The van der Waals surface area contributed by atoms with Crippen molar-refractivity contribution < 1.29 is 4.79 Å². The van der Waals surface area contributed by atoms with Crippen molar-refractivity contribution in [1.82, 2.24) is 10.2 Å². The molecule has 3 rings (SSSR count). The van der Waals surface area contributed by atoms with E-state index in [1.54, 1.807) is 0 Å². The zero-order valence-electron chi connectivity index (χ0n) is 12.1. The van der Waals surface area contributed by atoms with Crippen LogP contribution in [-0.2, 0) is 6.42 Å². The summed E-state index contributed by atoms with van der Waals surface area (Å²) in [7, 11) is 0. The number of ketones is 1. The number of hydrogen-bond donors (Lipinski definition) is 0. The quantitative estimate of drug-likeness (QED) is 0.685. The Morgan fingerprint density at radius 2 is 1.76 bits per heavy atom. The topological polar surface area (TPSA) is 42.9 Å². The molecule has 104 valence electrons. The molecule has 0 radical (unpaired) electrons. The van der Waals surface area contributed by atoms with E-state index in [9.17, 15) is 4.79 Å². The fourth-order valence-corrected chi connectivity index (χ4v) is 2.55. The molecule has 0 atom stereocenters. The summed E-state index contributed by atoms with van der Waals surface area (Å²) in [4.78, 5) is 12.6. The second kappa shape index (κ2) is 5.44. The molecule has 3 aromatic rings. The van der Waals surface area contributed by atoms with Crippen molar-refractivity contribution in [3.63, 3.8) is 0 Å². The number of carbonyl (C=O) groups is 1. The fourth-order valence-electron chi connectivity index (χ4n) is 2.55. The molecule has 3 nitrogen and oxygen atoms in total. The number of carbonyl (C=O) groups excluding carboxylic acids is 1. The molecular weight excluding hydrogens is 260 g/mol. The molecule has 0 saturated heterocycles. The van der Waals surface area contributed by atoms with E-state index in [1.807, 2.05) is 44.2 Å². The van der Waals surface area contributed by atoms with Gasteiger partial charge in [0.1, 0.15) is 0 Å². The lowest BCUT2D eigenvalue weighted by Gasteiger charge is -2.07. The SMILES string of the molecule is Cc1cc(C(=O)Cc2cccc3ccccc23)c(C)nn1. The number of aryl methyl sites for hydroxylation is 2. The van der Waals surface area contributed by atoms with Gasteiger partial charge in [-0.1, -0.05) is 42.5 Å². The molecule has 0 aliphatic rings. The predicted octanol–water partition coefficient (Wildman–Crippen LogP) is 3.67. The summed E-state index contributed by atoms with van der Waals surface area (Å²) >= 11 is 0. The third-order valence-corrected chi connectivity index (χ3v) is 3.63. The number of hydrogen-bond acceptors (Lipinski definition) is 3. The molecule has 0 amide bonds. The van der Waals surface area contributed by atoms with Gasteiger partial charge in [-0.2, -0.15) is 10.2 Å². The lowest BCUT2D eigenvalue weighted by molar-refractivity contribution is 0.0992. The standard InChI is InChI=1S/C18H16N2O/c1-12-10-17(13(2)20-19-12)18(21)11-15-8-5-7-14-6-3-4-9-16(14)15/h3-10H,11H2,1-2H3. The Morgan fingerprint density at radius 1 is 1.00 bits per heavy atom. The van der Waals surface area contributed by atoms with Gasteiger partial charge < -0.3 is 0 Å². The van der Waals surface area contributed by atoms with Gasteiger partial charge >= 0.3 is 0 Å².